The maximum atomic E-state index is 12.5. The second-order valence-corrected chi connectivity index (χ2v) is 7.42. The Morgan fingerprint density at radius 1 is 1.03 bits per heavy atom. The molecule has 10 nitrogen and oxygen atoms in total. The first-order valence-electron chi connectivity index (χ1n) is 9.48. The highest BCUT2D eigenvalue weighted by molar-refractivity contribution is 8.00. The van der Waals surface area contributed by atoms with Gasteiger partial charge in [0.2, 0.25) is 5.91 Å². The quantitative estimate of drug-likeness (QED) is 0.318. The summed E-state index contributed by atoms with van der Waals surface area (Å²) in [6.45, 7) is 0. The Hall–Kier alpha value is -3.86. The molecular weight excluding hydrogens is 432 g/mol. The zero-order chi connectivity index (χ0) is 22.5. The van der Waals surface area contributed by atoms with Crippen molar-refractivity contribution >= 4 is 34.5 Å². The molecule has 0 unspecified atom stereocenters. The number of fused-ring (bicyclic) bond motifs is 1. The summed E-state index contributed by atoms with van der Waals surface area (Å²) in [5.41, 5.74) is 2.41. The molecule has 4 rings (SSSR count). The molecule has 0 aliphatic carbocycles. The van der Waals surface area contributed by atoms with Gasteiger partial charge in [0.25, 0.3) is 0 Å². The van der Waals surface area contributed by atoms with Crippen LogP contribution in [-0.4, -0.2) is 58.0 Å². The molecule has 164 valence electrons. The third-order valence-corrected chi connectivity index (χ3v) is 5.49. The van der Waals surface area contributed by atoms with Gasteiger partial charge < -0.3 is 19.5 Å². The number of hydrogen-bond donors (Lipinski definition) is 1. The van der Waals surface area contributed by atoms with Gasteiger partial charge >= 0.3 is 0 Å². The number of carbonyl (C=O) groups is 1. The number of anilines is 1. The molecule has 0 aliphatic rings. The van der Waals surface area contributed by atoms with Gasteiger partial charge in [0.15, 0.2) is 22.7 Å². The Bertz CT molecular complexity index is 1260. The third-order valence-electron chi connectivity index (χ3n) is 4.51. The Morgan fingerprint density at radius 3 is 2.66 bits per heavy atom. The van der Waals surface area contributed by atoms with Crippen molar-refractivity contribution in [3.05, 3.63) is 48.8 Å². The van der Waals surface area contributed by atoms with Crippen molar-refractivity contribution in [1.29, 1.82) is 0 Å². The number of ether oxygens (including phenoxy) is 3. The van der Waals surface area contributed by atoms with Crippen LogP contribution in [0.1, 0.15) is 0 Å². The summed E-state index contributed by atoms with van der Waals surface area (Å²) in [7, 11) is 4.70. The molecule has 0 radical (unpaired) electrons. The molecule has 2 heterocycles. The first-order valence-corrected chi connectivity index (χ1v) is 10.5. The SMILES string of the molecule is COc1cccc(-n2nnc3c(SCC(=O)Nc4ccc(OC)c(OC)c4)ncnc32)c1. The maximum Gasteiger partial charge on any atom is 0.234 e. The van der Waals surface area contributed by atoms with Crippen LogP contribution >= 0.6 is 11.8 Å². The van der Waals surface area contributed by atoms with E-state index in [-0.39, 0.29) is 11.7 Å². The lowest BCUT2D eigenvalue weighted by Crippen LogP contribution is -2.14. The number of aromatic nitrogens is 5. The van der Waals surface area contributed by atoms with E-state index >= 15 is 0 Å². The van der Waals surface area contributed by atoms with Crippen molar-refractivity contribution in [3.8, 4) is 22.9 Å². The van der Waals surface area contributed by atoms with Gasteiger partial charge in [-0.2, -0.15) is 4.68 Å². The number of benzene rings is 2. The number of nitrogens with one attached hydrogen (secondary N) is 1. The van der Waals surface area contributed by atoms with Gasteiger partial charge in [-0.3, -0.25) is 4.79 Å². The van der Waals surface area contributed by atoms with E-state index in [1.165, 1.54) is 18.1 Å². The Kier molecular flexibility index (Phi) is 6.36. The number of nitrogens with zero attached hydrogens (tertiary/aromatic N) is 5. The van der Waals surface area contributed by atoms with Crippen molar-refractivity contribution in [2.45, 2.75) is 5.03 Å². The summed E-state index contributed by atoms with van der Waals surface area (Å²) in [5, 5.41) is 11.8. The minimum atomic E-state index is -0.200. The number of hydrogen-bond acceptors (Lipinski definition) is 9. The van der Waals surface area contributed by atoms with Gasteiger partial charge in [0.1, 0.15) is 17.1 Å². The monoisotopic (exact) mass is 452 g/mol. The molecule has 0 saturated heterocycles. The first-order chi connectivity index (χ1) is 15.6. The van der Waals surface area contributed by atoms with Crippen LogP contribution in [0.25, 0.3) is 16.9 Å². The second kappa shape index (κ2) is 9.52. The standard InChI is InChI=1S/C21H20N6O4S/c1-29-15-6-4-5-14(10-15)27-20-19(25-26-27)21(23-12-22-20)32-11-18(28)24-13-7-8-16(30-2)17(9-13)31-3/h4-10,12H,11H2,1-3H3,(H,24,28). The Balaban J connectivity index is 1.49. The Labute approximate surface area is 187 Å². The van der Waals surface area contributed by atoms with Crippen molar-refractivity contribution in [2.75, 3.05) is 32.4 Å². The van der Waals surface area contributed by atoms with E-state index in [4.69, 9.17) is 14.2 Å². The van der Waals surface area contributed by atoms with Crippen LogP contribution in [0.2, 0.25) is 0 Å². The second-order valence-electron chi connectivity index (χ2n) is 6.46. The number of amides is 1. The average Bonchev–Trinajstić information content (AvgIpc) is 3.27. The van der Waals surface area contributed by atoms with Crippen LogP contribution in [0.15, 0.2) is 53.8 Å². The van der Waals surface area contributed by atoms with E-state index < -0.39 is 0 Å². The van der Waals surface area contributed by atoms with E-state index in [1.54, 1.807) is 44.2 Å². The summed E-state index contributed by atoms with van der Waals surface area (Å²) in [5.74, 6) is 1.75. The molecule has 4 aromatic rings. The molecule has 1 N–H and O–H groups in total. The highest BCUT2D eigenvalue weighted by Crippen LogP contribution is 2.30. The molecular formula is C21H20N6O4S. The van der Waals surface area contributed by atoms with Gasteiger partial charge in [0, 0.05) is 17.8 Å². The van der Waals surface area contributed by atoms with Crippen LogP contribution in [0, 0.1) is 0 Å². The van der Waals surface area contributed by atoms with Crippen molar-refractivity contribution in [3.63, 3.8) is 0 Å². The molecule has 0 fully saturated rings. The van der Waals surface area contributed by atoms with Crippen molar-refractivity contribution < 1.29 is 19.0 Å². The lowest BCUT2D eigenvalue weighted by Gasteiger charge is -2.10. The van der Waals surface area contributed by atoms with Crippen LogP contribution in [-0.2, 0) is 4.79 Å². The van der Waals surface area contributed by atoms with Gasteiger partial charge in [0.05, 0.1) is 32.8 Å². The predicted octanol–water partition coefficient (Wildman–Crippen LogP) is 2.97. The minimum Gasteiger partial charge on any atom is -0.497 e. The average molecular weight is 452 g/mol. The molecule has 11 heteroatoms. The normalized spacial score (nSPS) is 10.7. The molecule has 32 heavy (non-hydrogen) atoms. The molecule has 0 spiro atoms. The summed E-state index contributed by atoms with van der Waals surface area (Å²) in [4.78, 5) is 21.1. The zero-order valence-corrected chi connectivity index (χ0v) is 18.4. The minimum absolute atomic E-state index is 0.131. The van der Waals surface area contributed by atoms with E-state index in [0.29, 0.717) is 39.1 Å². The van der Waals surface area contributed by atoms with E-state index in [9.17, 15) is 4.79 Å². The first kappa shape index (κ1) is 21.4. The van der Waals surface area contributed by atoms with E-state index in [0.717, 1.165) is 5.69 Å². The lowest BCUT2D eigenvalue weighted by atomic mass is 10.2. The number of methoxy groups -OCH3 is 3. The van der Waals surface area contributed by atoms with E-state index in [1.807, 2.05) is 24.3 Å². The molecule has 0 aliphatic heterocycles. The molecule has 0 saturated carbocycles. The maximum absolute atomic E-state index is 12.5. The zero-order valence-electron chi connectivity index (χ0n) is 17.6. The fourth-order valence-electron chi connectivity index (χ4n) is 2.99. The van der Waals surface area contributed by atoms with Crippen LogP contribution in [0.3, 0.4) is 0 Å². The third kappa shape index (κ3) is 4.42. The fourth-order valence-corrected chi connectivity index (χ4v) is 3.73. The molecule has 2 aromatic heterocycles. The molecule has 2 aromatic carbocycles. The summed E-state index contributed by atoms with van der Waals surface area (Å²) >= 11 is 1.25. The van der Waals surface area contributed by atoms with E-state index in [2.05, 4.69) is 25.6 Å². The highest BCUT2D eigenvalue weighted by atomic mass is 32.2. The molecule has 1 amide bonds. The smallest absolute Gasteiger partial charge is 0.234 e. The summed E-state index contributed by atoms with van der Waals surface area (Å²) in [6, 6.07) is 12.6. The highest BCUT2D eigenvalue weighted by Gasteiger charge is 2.15. The fraction of sp³-hybridized carbons (Fsp3) is 0.190. The Morgan fingerprint density at radius 2 is 1.88 bits per heavy atom. The largest absolute Gasteiger partial charge is 0.497 e. The number of carbonyl (C=O) groups excluding carboxylic acids is 1. The van der Waals surface area contributed by atoms with Gasteiger partial charge in [-0.15, -0.1) is 5.10 Å². The topological polar surface area (TPSA) is 113 Å². The van der Waals surface area contributed by atoms with Crippen LogP contribution in [0.5, 0.6) is 17.2 Å². The predicted molar refractivity (Wildman–Crippen MR) is 120 cm³/mol. The van der Waals surface area contributed by atoms with Crippen LogP contribution < -0.4 is 19.5 Å². The number of thioether (sulfide) groups is 1. The van der Waals surface area contributed by atoms with Gasteiger partial charge in [-0.05, 0) is 24.3 Å². The molecule has 0 atom stereocenters. The van der Waals surface area contributed by atoms with Crippen molar-refractivity contribution in [2.24, 2.45) is 0 Å². The van der Waals surface area contributed by atoms with Gasteiger partial charge in [-0.25, -0.2) is 9.97 Å². The molecule has 0 bridgehead atoms. The summed E-state index contributed by atoms with van der Waals surface area (Å²) in [6.07, 6.45) is 1.43. The van der Waals surface area contributed by atoms with Crippen LogP contribution in [0.4, 0.5) is 5.69 Å². The van der Waals surface area contributed by atoms with Crippen molar-refractivity contribution in [1.82, 2.24) is 25.0 Å². The van der Waals surface area contributed by atoms with Gasteiger partial charge in [-0.1, -0.05) is 23.0 Å². The summed E-state index contributed by atoms with van der Waals surface area (Å²) < 4.78 is 17.4. The number of rotatable bonds is 8. The lowest BCUT2D eigenvalue weighted by molar-refractivity contribution is -0.113.